The normalized spacial score (nSPS) is 38.2. The first kappa shape index (κ1) is 9.05. The summed E-state index contributed by atoms with van der Waals surface area (Å²) in [5.41, 5.74) is 3.30. The highest BCUT2D eigenvalue weighted by Gasteiger charge is 2.36. The number of hydrogen-bond donors (Lipinski definition) is 0. The number of hydrogen-bond acceptors (Lipinski definition) is 0. The zero-order valence-electron chi connectivity index (χ0n) is 9.01. The SMILES string of the molecule is CC/C(C)=C(\C)C1CC2C=CC1C2. The minimum absolute atomic E-state index is 0.881. The highest BCUT2D eigenvalue weighted by Crippen LogP contribution is 2.47. The van der Waals surface area contributed by atoms with Crippen molar-refractivity contribution in [1.29, 1.82) is 0 Å². The Balaban J connectivity index is 2.15. The first-order chi connectivity index (χ1) is 6.22. The van der Waals surface area contributed by atoms with E-state index in [-0.39, 0.29) is 0 Å². The number of rotatable bonds is 2. The first-order valence-corrected chi connectivity index (χ1v) is 5.57. The maximum atomic E-state index is 2.45. The van der Waals surface area contributed by atoms with Crippen LogP contribution >= 0.6 is 0 Å². The van der Waals surface area contributed by atoms with E-state index in [0.29, 0.717) is 0 Å². The standard InChI is InChI=1S/C13H20/c1-4-9(2)10(3)13-8-11-5-6-12(13)7-11/h5-6,11-13H,4,7-8H2,1-3H3/b10-9+. The van der Waals surface area contributed by atoms with Gasteiger partial charge in [-0.2, -0.15) is 0 Å². The van der Waals surface area contributed by atoms with Crippen LogP contribution in [0.15, 0.2) is 23.3 Å². The molecule has 0 N–H and O–H groups in total. The second kappa shape index (κ2) is 3.32. The molecule has 0 amide bonds. The van der Waals surface area contributed by atoms with E-state index < -0.39 is 0 Å². The number of allylic oxidation sites excluding steroid dienone is 4. The molecular weight excluding hydrogens is 156 g/mol. The Labute approximate surface area is 81.7 Å². The second-order valence-electron chi connectivity index (χ2n) is 4.70. The van der Waals surface area contributed by atoms with Crippen molar-refractivity contribution in [2.75, 3.05) is 0 Å². The summed E-state index contributed by atoms with van der Waals surface area (Å²) in [7, 11) is 0. The van der Waals surface area contributed by atoms with Gasteiger partial charge in [-0.1, -0.05) is 30.2 Å². The Bertz CT molecular complexity index is 257. The van der Waals surface area contributed by atoms with E-state index in [4.69, 9.17) is 0 Å². The molecule has 72 valence electrons. The van der Waals surface area contributed by atoms with Crippen LogP contribution in [0.4, 0.5) is 0 Å². The van der Waals surface area contributed by atoms with Gasteiger partial charge in [-0.15, -0.1) is 0 Å². The lowest BCUT2D eigenvalue weighted by Crippen LogP contribution is -2.09. The molecule has 2 rings (SSSR count). The van der Waals surface area contributed by atoms with E-state index in [1.165, 1.54) is 19.3 Å². The second-order valence-corrected chi connectivity index (χ2v) is 4.70. The van der Waals surface area contributed by atoms with E-state index in [0.717, 1.165) is 17.8 Å². The Kier molecular flexibility index (Phi) is 2.31. The summed E-state index contributed by atoms with van der Waals surface area (Å²) in [6, 6.07) is 0. The predicted octanol–water partition coefficient (Wildman–Crippen LogP) is 3.95. The third-order valence-corrected chi connectivity index (χ3v) is 4.04. The fraction of sp³-hybridized carbons (Fsp3) is 0.692. The quantitative estimate of drug-likeness (QED) is 0.559. The van der Waals surface area contributed by atoms with Crippen LogP contribution in [-0.2, 0) is 0 Å². The van der Waals surface area contributed by atoms with Crippen molar-refractivity contribution in [1.82, 2.24) is 0 Å². The van der Waals surface area contributed by atoms with Crippen LogP contribution in [0.2, 0.25) is 0 Å². The summed E-state index contributed by atoms with van der Waals surface area (Å²) in [6.45, 7) is 6.91. The van der Waals surface area contributed by atoms with E-state index in [9.17, 15) is 0 Å². The van der Waals surface area contributed by atoms with Crippen molar-refractivity contribution >= 4 is 0 Å². The maximum Gasteiger partial charge on any atom is -0.0135 e. The minimum Gasteiger partial charge on any atom is -0.0851 e. The van der Waals surface area contributed by atoms with Crippen molar-refractivity contribution < 1.29 is 0 Å². The molecule has 0 heterocycles. The van der Waals surface area contributed by atoms with Crippen LogP contribution in [0.5, 0.6) is 0 Å². The van der Waals surface area contributed by atoms with Crippen LogP contribution in [0, 0.1) is 17.8 Å². The first-order valence-electron chi connectivity index (χ1n) is 5.57. The van der Waals surface area contributed by atoms with E-state index in [1.54, 1.807) is 11.1 Å². The van der Waals surface area contributed by atoms with E-state index in [2.05, 4.69) is 32.9 Å². The Morgan fingerprint density at radius 1 is 1.23 bits per heavy atom. The van der Waals surface area contributed by atoms with Gasteiger partial charge in [0, 0.05) is 0 Å². The largest absolute Gasteiger partial charge is 0.0851 e. The van der Waals surface area contributed by atoms with Gasteiger partial charge in [-0.25, -0.2) is 0 Å². The smallest absolute Gasteiger partial charge is 0.0135 e. The molecule has 2 bridgehead atoms. The summed E-state index contributed by atoms with van der Waals surface area (Å²) in [4.78, 5) is 0. The summed E-state index contributed by atoms with van der Waals surface area (Å²) >= 11 is 0. The summed E-state index contributed by atoms with van der Waals surface area (Å²) in [5.74, 6) is 2.68. The van der Waals surface area contributed by atoms with Gasteiger partial charge in [0.25, 0.3) is 0 Å². The van der Waals surface area contributed by atoms with Crippen molar-refractivity contribution in [3.05, 3.63) is 23.3 Å². The molecule has 1 fully saturated rings. The molecule has 0 aromatic carbocycles. The van der Waals surface area contributed by atoms with Crippen molar-refractivity contribution in [3.63, 3.8) is 0 Å². The third-order valence-electron chi connectivity index (χ3n) is 4.04. The fourth-order valence-electron chi connectivity index (χ4n) is 2.87. The Morgan fingerprint density at radius 2 is 2.00 bits per heavy atom. The molecular formula is C13H20. The highest BCUT2D eigenvalue weighted by molar-refractivity contribution is 5.22. The third kappa shape index (κ3) is 1.47. The van der Waals surface area contributed by atoms with Crippen molar-refractivity contribution in [2.45, 2.75) is 40.0 Å². The van der Waals surface area contributed by atoms with Crippen LogP contribution < -0.4 is 0 Å². The van der Waals surface area contributed by atoms with Crippen molar-refractivity contribution in [3.8, 4) is 0 Å². The molecule has 2 aliphatic rings. The molecule has 1 saturated carbocycles. The molecule has 13 heavy (non-hydrogen) atoms. The van der Waals surface area contributed by atoms with Gasteiger partial charge in [0.1, 0.15) is 0 Å². The molecule has 0 radical (unpaired) electrons. The van der Waals surface area contributed by atoms with Gasteiger partial charge < -0.3 is 0 Å². The molecule has 0 aliphatic heterocycles. The summed E-state index contributed by atoms with van der Waals surface area (Å²) in [6.07, 6.45) is 8.95. The molecule has 0 aromatic heterocycles. The molecule has 2 aliphatic carbocycles. The van der Waals surface area contributed by atoms with Gasteiger partial charge in [-0.3, -0.25) is 0 Å². The van der Waals surface area contributed by atoms with E-state index in [1.807, 2.05) is 0 Å². The van der Waals surface area contributed by atoms with Gasteiger partial charge >= 0.3 is 0 Å². The van der Waals surface area contributed by atoms with Crippen LogP contribution in [0.3, 0.4) is 0 Å². The van der Waals surface area contributed by atoms with Crippen LogP contribution in [0.1, 0.15) is 40.0 Å². The fourth-order valence-corrected chi connectivity index (χ4v) is 2.87. The Morgan fingerprint density at radius 3 is 2.46 bits per heavy atom. The highest BCUT2D eigenvalue weighted by atomic mass is 14.4. The average molecular weight is 176 g/mol. The van der Waals surface area contributed by atoms with Crippen LogP contribution in [-0.4, -0.2) is 0 Å². The molecule has 3 unspecified atom stereocenters. The van der Waals surface area contributed by atoms with Gasteiger partial charge in [0.15, 0.2) is 0 Å². The lowest BCUT2D eigenvalue weighted by molar-refractivity contribution is 0.514. The van der Waals surface area contributed by atoms with Crippen molar-refractivity contribution in [2.24, 2.45) is 17.8 Å². The zero-order chi connectivity index (χ0) is 9.42. The van der Waals surface area contributed by atoms with Crippen LogP contribution in [0.25, 0.3) is 0 Å². The minimum atomic E-state index is 0.881. The Hall–Kier alpha value is -0.520. The lowest BCUT2D eigenvalue weighted by Gasteiger charge is -2.21. The average Bonchev–Trinajstić information content (AvgIpc) is 2.76. The lowest BCUT2D eigenvalue weighted by atomic mass is 9.85. The van der Waals surface area contributed by atoms with Gasteiger partial charge in [-0.05, 0) is 50.9 Å². The van der Waals surface area contributed by atoms with E-state index >= 15 is 0 Å². The molecule has 0 spiro atoms. The molecule has 0 heteroatoms. The molecule has 0 saturated heterocycles. The summed E-state index contributed by atoms with van der Waals surface area (Å²) in [5, 5.41) is 0. The molecule has 0 nitrogen and oxygen atoms in total. The zero-order valence-corrected chi connectivity index (χ0v) is 9.01. The molecule has 3 atom stereocenters. The summed E-state index contributed by atoms with van der Waals surface area (Å²) < 4.78 is 0. The van der Waals surface area contributed by atoms with Gasteiger partial charge in [0.2, 0.25) is 0 Å². The maximum absolute atomic E-state index is 2.45. The number of fused-ring (bicyclic) bond motifs is 2. The molecule has 0 aromatic rings. The monoisotopic (exact) mass is 176 g/mol. The van der Waals surface area contributed by atoms with Gasteiger partial charge in [0.05, 0.1) is 0 Å². The topological polar surface area (TPSA) is 0 Å². The predicted molar refractivity (Wildman–Crippen MR) is 57.5 cm³/mol.